The molecule has 38 heavy (non-hydrogen) atoms. The Kier molecular flexibility index (Phi) is 5.62. The summed E-state index contributed by atoms with van der Waals surface area (Å²) in [5.74, 6) is -1.00. The molecule has 0 unspecified atom stereocenters. The smallest absolute Gasteiger partial charge is 0.224 e. The zero-order valence-electron chi connectivity index (χ0n) is 20.6. The highest BCUT2D eigenvalue weighted by molar-refractivity contribution is 5.60. The van der Waals surface area contributed by atoms with Crippen molar-refractivity contribution in [3.05, 3.63) is 88.6 Å². The number of halogens is 1. The minimum Gasteiger partial charge on any atom is -0.481 e. The van der Waals surface area contributed by atoms with Gasteiger partial charge >= 0.3 is 0 Å². The molecule has 1 aliphatic carbocycles. The first-order valence-corrected chi connectivity index (χ1v) is 12.4. The van der Waals surface area contributed by atoms with Crippen molar-refractivity contribution in [1.82, 2.24) is 9.88 Å². The summed E-state index contributed by atoms with van der Waals surface area (Å²) in [4.78, 5) is 6.17. The summed E-state index contributed by atoms with van der Waals surface area (Å²) in [5, 5.41) is 43.8. The Morgan fingerprint density at radius 1 is 1.13 bits per heavy atom. The molecule has 1 saturated carbocycles. The quantitative estimate of drug-likeness (QED) is 0.535. The monoisotopic (exact) mass is 512 g/mol. The van der Waals surface area contributed by atoms with Crippen molar-refractivity contribution in [2.24, 2.45) is 5.92 Å². The van der Waals surface area contributed by atoms with E-state index in [0.29, 0.717) is 17.7 Å². The summed E-state index contributed by atoms with van der Waals surface area (Å²) in [7, 11) is 1.38. The molecule has 3 aliphatic rings. The molecule has 5 atom stereocenters. The summed E-state index contributed by atoms with van der Waals surface area (Å²) in [6.07, 6.45) is -2.30. The zero-order chi connectivity index (χ0) is 26.7. The van der Waals surface area contributed by atoms with Gasteiger partial charge in [0.05, 0.1) is 30.4 Å². The van der Waals surface area contributed by atoms with E-state index >= 15 is 0 Å². The van der Waals surface area contributed by atoms with Gasteiger partial charge in [-0.3, -0.25) is 4.90 Å². The largest absolute Gasteiger partial charge is 0.481 e. The van der Waals surface area contributed by atoms with Crippen LogP contribution in [-0.4, -0.2) is 59.1 Å². The Labute approximate surface area is 219 Å². The van der Waals surface area contributed by atoms with E-state index in [4.69, 9.17) is 9.47 Å². The van der Waals surface area contributed by atoms with Crippen LogP contribution in [-0.2, 0) is 11.2 Å². The Balaban J connectivity index is 1.64. The maximum atomic E-state index is 13.8. The van der Waals surface area contributed by atoms with Crippen molar-refractivity contribution >= 4 is 0 Å². The van der Waals surface area contributed by atoms with Crippen molar-refractivity contribution in [2.45, 2.75) is 29.4 Å². The molecule has 1 aromatic heterocycles. The highest BCUT2D eigenvalue weighted by atomic mass is 19.1. The number of fused-ring (bicyclic) bond motifs is 3. The lowest BCUT2D eigenvalue weighted by Crippen LogP contribution is -2.52. The second-order valence-corrected chi connectivity index (χ2v) is 10.1. The van der Waals surface area contributed by atoms with E-state index in [0.717, 1.165) is 5.56 Å². The van der Waals surface area contributed by atoms with Crippen molar-refractivity contribution in [2.75, 3.05) is 26.7 Å². The highest BCUT2D eigenvalue weighted by Crippen LogP contribution is 2.69. The predicted molar refractivity (Wildman–Crippen MR) is 133 cm³/mol. The second kappa shape index (κ2) is 8.78. The number of nitriles is 2. The molecule has 0 spiro atoms. The van der Waals surface area contributed by atoms with Crippen LogP contribution in [0.3, 0.4) is 0 Å². The molecule has 2 aliphatic heterocycles. The first-order valence-electron chi connectivity index (χ1n) is 12.4. The molecule has 2 N–H and O–H groups in total. The van der Waals surface area contributed by atoms with Crippen LogP contribution in [0.1, 0.15) is 33.9 Å². The van der Waals surface area contributed by atoms with Crippen molar-refractivity contribution in [1.29, 1.82) is 10.5 Å². The van der Waals surface area contributed by atoms with Gasteiger partial charge in [0.15, 0.2) is 11.2 Å². The summed E-state index contributed by atoms with van der Waals surface area (Å²) in [5.41, 5.74) is -1.64. The van der Waals surface area contributed by atoms with Gasteiger partial charge in [0.1, 0.15) is 23.7 Å². The molecule has 6 rings (SSSR count). The number of benzene rings is 2. The number of pyridine rings is 1. The normalized spacial score (nSPS) is 29.9. The average Bonchev–Trinajstić information content (AvgIpc) is 3.30. The fourth-order valence-electron chi connectivity index (χ4n) is 6.59. The molecular weight excluding hydrogens is 487 g/mol. The Morgan fingerprint density at radius 3 is 2.45 bits per heavy atom. The number of nitrogens with zero attached hydrogens (tertiary/aromatic N) is 4. The Morgan fingerprint density at radius 2 is 1.84 bits per heavy atom. The van der Waals surface area contributed by atoms with E-state index in [9.17, 15) is 25.1 Å². The summed E-state index contributed by atoms with van der Waals surface area (Å²) in [6, 6.07) is 21.7. The van der Waals surface area contributed by atoms with Gasteiger partial charge in [0.25, 0.3) is 0 Å². The molecule has 0 bridgehead atoms. The first kappa shape index (κ1) is 24.3. The minimum atomic E-state index is -2.05. The van der Waals surface area contributed by atoms with Gasteiger partial charge in [-0.05, 0) is 23.3 Å². The predicted octanol–water partition coefficient (Wildman–Crippen LogP) is 2.74. The number of hydrogen-bond donors (Lipinski definition) is 2. The Bertz CT molecular complexity index is 1460. The fraction of sp³-hybridized carbons (Fsp3) is 0.345. The summed E-state index contributed by atoms with van der Waals surface area (Å²) < 4.78 is 26.0. The lowest BCUT2D eigenvalue weighted by Gasteiger charge is -2.41. The Hall–Kier alpha value is -4.02. The maximum absolute atomic E-state index is 13.8. The van der Waals surface area contributed by atoms with Crippen LogP contribution >= 0.6 is 0 Å². The van der Waals surface area contributed by atoms with Gasteiger partial charge in [-0.25, -0.2) is 9.37 Å². The number of likely N-dealkylation sites (tertiary alicyclic amines) is 1. The van der Waals surface area contributed by atoms with Crippen LogP contribution in [0.25, 0.3) is 0 Å². The lowest BCUT2D eigenvalue weighted by atomic mass is 9.70. The molecule has 2 fully saturated rings. The number of alkyl halides is 1. The third kappa shape index (κ3) is 3.20. The molecule has 0 amide bonds. The first-order chi connectivity index (χ1) is 18.4. The van der Waals surface area contributed by atoms with Gasteiger partial charge in [0, 0.05) is 37.5 Å². The number of ether oxygens (including phenoxy) is 2. The molecule has 192 valence electrons. The molecule has 8 nitrogen and oxygen atoms in total. The summed E-state index contributed by atoms with van der Waals surface area (Å²) in [6.45, 7) is 0.827. The van der Waals surface area contributed by atoms with Crippen LogP contribution in [0, 0.1) is 28.6 Å². The van der Waals surface area contributed by atoms with Crippen LogP contribution in [0.4, 0.5) is 4.39 Å². The number of hydrogen-bond acceptors (Lipinski definition) is 8. The third-order valence-corrected chi connectivity index (χ3v) is 8.16. The number of aliphatic hydroxyl groups excluding tert-OH is 1. The fourth-order valence-corrected chi connectivity index (χ4v) is 6.59. The van der Waals surface area contributed by atoms with Crippen LogP contribution in [0.2, 0.25) is 0 Å². The molecule has 3 heterocycles. The second-order valence-electron chi connectivity index (χ2n) is 10.1. The number of rotatable bonds is 5. The molecule has 3 aromatic rings. The van der Waals surface area contributed by atoms with Crippen LogP contribution < -0.4 is 9.47 Å². The van der Waals surface area contributed by atoms with E-state index in [1.165, 1.54) is 13.2 Å². The maximum Gasteiger partial charge on any atom is 0.224 e. The van der Waals surface area contributed by atoms with E-state index in [1.807, 2.05) is 41.3 Å². The third-order valence-electron chi connectivity index (χ3n) is 8.16. The number of aliphatic hydroxyl groups is 2. The number of aromatic nitrogens is 1. The van der Waals surface area contributed by atoms with Crippen LogP contribution in [0.15, 0.2) is 60.7 Å². The van der Waals surface area contributed by atoms with Gasteiger partial charge in [-0.1, -0.05) is 42.5 Å². The van der Waals surface area contributed by atoms with E-state index < -0.39 is 35.3 Å². The van der Waals surface area contributed by atoms with E-state index in [1.54, 1.807) is 24.3 Å². The average molecular weight is 513 g/mol. The molecule has 1 saturated heterocycles. The van der Waals surface area contributed by atoms with Crippen molar-refractivity contribution < 1.29 is 24.1 Å². The standard InChI is InChI=1S/C29H25FN4O4/c1-37-27-25-23(11-21(13-32)33-27)38-29(19-9-7-17(12-31)8-10-19)24(18-5-3-2-4-6-18)22(26(35)28(25,29)36)16-34-14-20(30)15-34/h2-11,20,22,24,26,35-36H,14-16H2,1H3/t22-,24-,26-,28+,29+/m1/s1. The van der Waals surface area contributed by atoms with Crippen molar-refractivity contribution in [3.8, 4) is 23.8 Å². The highest BCUT2D eigenvalue weighted by Gasteiger charge is 2.77. The van der Waals surface area contributed by atoms with E-state index in [-0.39, 0.29) is 36.0 Å². The van der Waals surface area contributed by atoms with Crippen LogP contribution in [0.5, 0.6) is 11.6 Å². The van der Waals surface area contributed by atoms with Gasteiger partial charge in [-0.2, -0.15) is 10.5 Å². The minimum absolute atomic E-state index is 0.0173. The van der Waals surface area contributed by atoms with Gasteiger partial charge in [-0.15, -0.1) is 0 Å². The van der Waals surface area contributed by atoms with Crippen molar-refractivity contribution in [3.63, 3.8) is 0 Å². The zero-order valence-corrected chi connectivity index (χ0v) is 20.6. The van der Waals surface area contributed by atoms with Gasteiger partial charge in [0.2, 0.25) is 5.88 Å². The molecule has 2 aromatic carbocycles. The SMILES string of the molecule is COc1nc(C#N)cc2c1[C@]1(O)[C@H](O)[C@H](CN3CC(F)C3)[C@@H](c3ccccc3)[C@]1(c1ccc(C#N)cc1)O2. The van der Waals surface area contributed by atoms with Gasteiger partial charge < -0.3 is 19.7 Å². The topological polar surface area (TPSA) is 123 Å². The molecular formula is C29H25FN4O4. The lowest BCUT2D eigenvalue weighted by molar-refractivity contribution is -0.153. The molecule has 0 radical (unpaired) electrons. The summed E-state index contributed by atoms with van der Waals surface area (Å²) >= 11 is 0. The van der Waals surface area contributed by atoms with E-state index in [2.05, 4.69) is 11.1 Å². The number of methoxy groups -OCH3 is 1. The molecule has 9 heteroatoms.